The van der Waals surface area contributed by atoms with Crippen LogP contribution in [0.2, 0.25) is 0 Å². The average molecular weight is 215 g/mol. The summed E-state index contributed by atoms with van der Waals surface area (Å²) in [5, 5.41) is 8.90. The summed E-state index contributed by atoms with van der Waals surface area (Å²) in [7, 11) is 2.11. The number of hydrogen-bond donors (Lipinski definition) is 2. The Morgan fingerprint density at radius 1 is 1.47 bits per heavy atom. The number of likely N-dealkylation sites (N-methyl/N-ethyl adjacent to an activating group) is 1. The van der Waals surface area contributed by atoms with Crippen LogP contribution in [0.4, 0.5) is 0 Å². The quantitative estimate of drug-likeness (QED) is 0.662. The van der Waals surface area contributed by atoms with E-state index in [0.717, 1.165) is 13.1 Å². The van der Waals surface area contributed by atoms with E-state index in [4.69, 9.17) is 10.8 Å². The third kappa shape index (κ3) is 4.07. The van der Waals surface area contributed by atoms with E-state index >= 15 is 0 Å². The van der Waals surface area contributed by atoms with Gasteiger partial charge in [-0.05, 0) is 39.5 Å². The van der Waals surface area contributed by atoms with Gasteiger partial charge < -0.3 is 20.6 Å². The van der Waals surface area contributed by atoms with Crippen LogP contribution in [0, 0.1) is 0 Å². The number of aliphatic hydroxyl groups is 1. The number of hydrogen-bond acceptors (Lipinski definition) is 4. The molecule has 1 saturated heterocycles. The van der Waals surface area contributed by atoms with Crippen molar-refractivity contribution in [3.8, 4) is 0 Å². The second kappa shape index (κ2) is 6.43. The molecule has 0 saturated carbocycles. The molecule has 0 bridgehead atoms. The molecule has 4 nitrogen and oxygen atoms in total. The summed E-state index contributed by atoms with van der Waals surface area (Å²) in [6.45, 7) is 6.64. The minimum Gasteiger partial charge on any atom is -0.395 e. The molecule has 1 aliphatic rings. The van der Waals surface area contributed by atoms with Crippen molar-refractivity contribution >= 4 is 0 Å². The Morgan fingerprint density at radius 2 is 2.07 bits per heavy atom. The highest BCUT2D eigenvalue weighted by atomic mass is 16.3. The molecule has 1 fully saturated rings. The molecule has 1 atom stereocenters. The van der Waals surface area contributed by atoms with Gasteiger partial charge in [0, 0.05) is 18.6 Å². The van der Waals surface area contributed by atoms with Crippen molar-refractivity contribution in [1.82, 2.24) is 9.80 Å². The molecule has 0 amide bonds. The number of aliphatic hydroxyl groups excluding tert-OH is 1. The standard InChI is InChI=1S/C11H25N3O/c1-3-14-6-4-11(5-7-14)13(2)8-10(12)9-15/h10-11,15H,3-9,12H2,1-2H3. The van der Waals surface area contributed by atoms with Gasteiger partial charge >= 0.3 is 0 Å². The molecule has 0 aromatic carbocycles. The molecule has 1 heterocycles. The highest BCUT2D eigenvalue weighted by Crippen LogP contribution is 2.14. The van der Waals surface area contributed by atoms with Gasteiger partial charge in [-0.15, -0.1) is 0 Å². The van der Waals surface area contributed by atoms with Crippen LogP contribution in [0.5, 0.6) is 0 Å². The number of nitrogens with two attached hydrogens (primary N) is 1. The van der Waals surface area contributed by atoms with Crippen molar-refractivity contribution in [2.75, 3.05) is 39.8 Å². The predicted octanol–water partition coefficient (Wildman–Crippen LogP) is -0.278. The van der Waals surface area contributed by atoms with E-state index in [1.165, 1.54) is 25.9 Å². The van der Waals surface area contributed by atoms with Crippen LogP contribution in [0.1, 0.15) is 19.8 Å². The van der Waals surface area contributed by atoms with Crippen LogP contribution in [0.25, 0.3) is 0 Å². The molecule has 0 aromatic heterocycles. The Balaban J connectivity index is 2.26. The zero-order valence-electron chi connectivity index (χ0n) is 10.0. The average Bonchev–Trinajstić information content (AvgIpc) is 2.29. The monoisotopic (exact) mass is 215 g/mol. The maximum absolute atomic E-state index is 8.90. The number of rotatable bonds is 5. The highest BCUT2D eigenvalue weighted by Gasteiger charge is 2.22. The van der Waals surface area contributed by atoms with E-state index in [0.29, 0.717) is 6.04 Å². The van der Waals surface area contributed by atoms with Crippen LogP contribution < -0.4 is 5.73 Å². The Kier molecular flexibility index (Phi) is 5.53. The second-order valence-corrected chi connectivity index (χ2v) is 4.55. The van der Waals surface area contributed by atoms with Crippen LogP contribution in [0.15, 0.2) is 0 Å². The minimum atomic E-state index is -0.0980. The molecule has 0 spiro atoms. The Bertz CT molecular complexity index is 169. The summed E-state index contributed by atoms with van der Waals surface area (Å²) in [5.74, 6) is 0. The number of likely N-dealkylation sites (tertiary alicyclic amines) is 1. The van der Waals surface area contributed by atoms with Gasteiger partial charge in [-0.1, -0.05) is 6.92 Å². The number of nitrogens with zero attached hydrogens (tertiary/aromatic N) is 2. The summed E-state index contributed by atoms with van der Waals surface area (Å²) in [6, 6.07) is 0.546. The fourth-order valence-electron chi connectivity index (χ4n) is 2.25. The van der Waals surface area contributed by atoms with Gasteiger partial charge in [0.25, 0.3) is 0 Å². The van der Waals surface area contributed by atoms with Crippen molar-refractivity contribution in [1.29, 1.82) is 0 Å². The Morgan fingerprint density at radius 3 is 2.53 bits per heavy atom. The van der Waals surface area contributed by atoms with Crippen molar-refractivity contribution in [3.05, 3.63) is 0 Å². The molecule has 1 unspecified atom stereocenters. The zero-order chi connectivity index (χ0) is 11.3. The van der Waals surface area contributed by atoms with Gasteiger partial charge in [0.15, 0.2) is 0 Å². The van der Waals surface area contributed by atoms with E-state index in [1.54, 1.807) is 0 Å². The molecule has 3 N–H and O–H groups in total. The number of piperidine rings is 1. The summed E-state index contributed by atoms with van der Waals surface area (Å²) in [4.78, 5) is 4.78. The van der Waals surface area contributed by atoms with Crippen LogP contribution in [-0.2, 0) is 0 Å². The highest BCUT2D eigenvalue weighted by molar-refractivity contribution is 4.79. The maximum Gasteiger partial charge on any atom is 0.0595 e. The lowest BCUT2D eigenvalue weighted by atomic mass is 10.0. The first-order chi connectivity index (χ1) is 7.17. The molecule has 0 aromatic rings. The maximum atomic E-state index is 8.90. The van der Waals surface area contributed by atoms with Crippen LogP contribution in [0.3, 0.4) is 0 Å². The first kappa shape index (κ1) is 12.9. The van der Waals surface area contributed by atoms with E-state index in [-0.39, 0.29) is 12.6 Å². The van der Waals surface area contributed by atoms with Crippen molar-refractivity contribution in [2.45, 2.75) is 31.8 Å². The topological polar surface area (TPSA) is 52.7 Å². The van der Waals surface area contributed by atoms with E-state index in [1.807, 2.05) is 0 Å². The normalized spacial score (nSPS) is 22.2. The largest absolute Gasteiger partial charge is 0.395 e. The van der Waals surface area contributed by atoms with Crippen LogP contribution >= 0.6 is 0 Å². The SMILES string of the molecule is CCN1CCC(N(C)CC(N)CO)CC1. The van der Waals surface area contributed by atoms with Crippen LogP contribution in [-0.4, -0.2) is 66.8 Å². The van der Waals surface area contributed by atoms with Crippen molar-refractivity contribution in [2.24, 2.45) is 5.73 Å². The van der Waals surface area contributed by atoms with Gasteiger partial charge in [-0.2, -0.15) is 0 Å². The zero-order valence-corrected chi connectivity index (χ0v) is 10.0. The Hall–Kier alpha value is -0.160. The smallest absolute Gasteiger partial charge is 0.0595 e. The molecular formula is C11H25N3O. The molecule has 4 heteroatoms. The Labute approximate surface area is 93.0 Å². The first-order valence-corrected chi connectivity index (χ1v) is 5.96. The fraction of sp³-hybridized carbons (Fsp3) is 1.00. The minimum absolute atomic E-state index is 0.0815. The lowest BCUT2D eigenvalue weighted by Crippen LogP contribution is -2.47. The third-order valence-corrected chi connectivity index (χ3v) is 3.38. The van der Waals surface area contributed by atoms with E-state index < -0.39 is 0 Å². The molecular weight excluding hydrogens is 190 g/mol. The molecule has 1 rings (SSSR count). The van der Waals surface area contributed by atoms with E-state index in [2.05, 4.69) is 23.8 Å². The molecule has 0 radical (unpaired) electrons. The summed E-state index contributed by atoms with van der Waals surface area (Å²) < 4.78 is 0. The van der Waals surface area contributed by atoms with Gasteiger partial charge in [0.1, 0.15) is 0 Å². The first-order valence-electron chi connectivity index (χ1n) is 5.96. The van der Waals surface area contributed by atoms with Gasteiger partial charge in [0.2, 0.25) is 0 Å². The summed E-state index contributed by atoms with van der Waals surface area (Å²) in [5.41, 5.74) is 5.73. The lowest BCUT2D eigenvalue weighted by molar-refractivity contribution is 0.118. The van der Waals surface area contributed by atoms with Crippen molar-refractivity contribution in [3.63, 3.8) is 0 Å². The van der Waals surface area contributed by atoms with Gasteiger partial charge in [0.05, 0.1) is 6.61 Å². The molecule has 0 aliphatic carbocycles. The summed E-state index contributed by atoms with van der Waals surface area (Å²) >= 11 is 0. The second-order valence-electron chi connectivity index (χ2n) is 4.55. The van der Waals surface area contributed by atoms with Gasteiger partial charge in [-0.25, -0.2) is 0 Å². The molecule has 15 heavy (non-hydrogen) atoms. The van der Waals surface area contributed by atoms with Gasteiger partial charge in [-0.3, -0.25) is 0 Å². The lowest BCUT2D eigenvalue weighted by Gasteiger charge is -2.37. The van der Waals surface area contributed by atoms with E-state index in [9.17, 15) is 0 Å². The summed E-state index contributed by atoms with van der Waals surface area (Å²) in [6.07, 6.45) is 2.45. The molecule has 1 aliphatic heterocycles. The van der Waals surface area contributed by atoms with Crippen molar-refractivity contribution < 1.29 is 5.11 Å². The fourth-order valence-corrected chi connectivity index (χ4v) is 2.25. The third-order valence-electron chi connectivity index (χ3n) is 3.38. The molecule has 90 valence electrons. The predicted molar refractivity (Wildman–Crippen MR) is 62.8 cm³/mol.